The lowest BCUT2D eigenvalue weighted by atomic mass is 10.2. The molecule has 3 rings (SSSR count). The van der Waals surface area contributed by atoms with Gasteiger partial charge in [-0.05, 0) is 24.3 Å². The largest absolute Gasteiger partial charge is 0.458 e. The summed E-state index contributed by atoms with van der Waals surface area (Å²) in [5, 5.41) is 0.574. The molecule has 5 heteroatoms. The van der Waals surface area contributed by atoms with E-state index in [2.05, 4.69) is 9.97 Å². The summed E-state index contributed by atoms with van der Waals surface area (Å²) in [7, 11) is 0. The molecule has 0 unspecified atom stereocenters. The summed E-state index contributed by atoms with van der Waals surface area (Å²) in [6.07, 6.45) is 4.52. The standard InChI is InChI=1S/C18H13ClN2O2/c19-15-6-2-1-5-13(15)12-23-18(22)10-9-14-11-20-16-7-3-4-8-17(16)21-14/h1-11H,12H2/b10-9+. The fraction of sp³-hybridized carbons (Fsp3) is 0.0556. The van der Waals surface area contributed by atoms with E-state index in [-0.39, 0.29) is 6.61 Å². The van der Waals surface area contributed by atoms with Crippen LogP contribution in [0.4, 0.5) is 0 Å². The number of hydrogen-bond donors (Lipinski definition) is 0. The van der Waals surface area contributed by atoms with Gasteiger partial charge in [-0.15, -0.1) is 0 Å². The molecule has 2 aromatic carbocycles. The zero-order valence-corrected chi connectivity index (χ0v) is 12.9. The molecular weight excluding hydrogens is 312 g/mol. The number of para-hydroxylation sites is 2. The van der Waals surface area contributed by atoms with Crippen molar-refractivity contribution in [1.82, 2.24) is 9.97 Å². The molecule has 0 aliphatic rings. The minimum absolute atomic E-state index is 0.131. The van der Waals surface area contributed by atoms with Gasteiger partial charge < -0.3 is 4.74 Å². The van der Waals surface area contributed by atoms with Crippen LogP contribution in [0.1, 0.15) is 11.3 Å². The molecule has 0 radical (unpaired) electrons. The van der Waals surface area contributed by atoms with E-state index < -0.39 is 5.97 Å². The number of halogens is 1. The maximum Gasteiger partial charge on any atom is 0.331 e. The van der Waals surface area contributed by atoms with E-state index in [0.29, 0.717) is 10.7 Å². The predicted octanol–water partition coefficient (Wildman–Crippen LogP) is 4.04. The van der Waals surface area contributed by atoms with Crippen molar-refractivity contribution >= 4 is 34.7 Å². The Morgan fingerprint density at radius 3 is 2.65 bits per heavy atom. The second kappa shape index (κ2) is 7.03. The Balaban J connectivity index is 1.64. The number of hydrogen-bond acceptors (Lipinski definition) is 4. The van der Waals surface area contributed by atoms with Crippen LogP contribution in [-0.4, -0.2) is 15.9 Å². The number of nitrogens with zero attached hydrogens (tertiary/aromatic N) is 2. The zero-order chi connectivity index (χ0) is 16.1. The predicted molar refractivity (Wildman–Crippen MR) is 89.8 cm³/mol. The molecule has 114 valence electrons. The third kappa shape index (κ3) is 3.93. The highest BCUT2D eigenvalue weighted by atomic mass is 35.5. The summed E-state index contributed by atoms with van der Waals surface area (Å²) < 4.78 is 5.16. The highest BCUT2D eigenvalue weighted by Gasteiger charge is 2.03. The Morgan fingerprint density at radius 1 is 1.09 bits per heavy atom. The molecule has 0 amide bonds. The highest BCUT2D eigenvalue weighted by Crippen LogP contribution is 2.16. The summed E-state index contributed by atoms with van der Waals surface area (Å²) in [6.45, 7) is 0.131. The maximum atomic E-state index is 11.8. The fourth-order valence-corrected chi connectivity index (χ4v) is 2.21. The van der Waals surface area contributed by atoms with Crippen LogP contribution in [0.15, 0.2) is 60.8 Å². The van der Waals surface area contributed by atoms with Gasteiger partial charge in [0.1, 0.15) is 6.61 Å². The van der Waals surface area contributed by atoms with Crippen molar-refractivity contribution in [2.45, 2.75) is 6.61 Å². The van der Waals surface area contributed by atoms with Gasteiger partial charge >= 0.3 is 5.97 Å². The number of rotatable bonds is 4. The molecule has 4 nitrogen and oxygen atoms in total. The third-order valence-corrected chi connectivity index (χ3v) is 3.55. The van der Waals surface area contributed by atoms with E-state index in [4.69, 9.17) is 16.3 Å². The number of esters is 1. The van der Waals surface area contributed by atoms with Crippen molar-refractivity contribution in [2.75, 3.05) is 0 Å². The van der Waals surface area contributed by atoms with Crippen LogP contribution < -0.4 is 0 Å². The molecule has 0 saturated heterocycles. The minimum atomic E-state index is -0.458. The minimum Gasteiger partial charge on any atom is -0.458 e. The topological polar surface area (TPSA) is 52.1 Å². The van der Waals surface area contributed by atoms with Crippen LogP contribution in [-0.2, 0) is 16.1 Å². The van der Waals surface area contributed by atoms with Crippen molar-refractivity contribution in [3.05, 3.63) is 77.1 Å². The van der Waals surface area contributed by atoms with Crippen molar-refractivity contribution in [3.63, 3.8) is 0 Å². The molecule has 0 atom stereocenters. The number of ether oxygens (including phenoxy) is 1. The van der Waals surface area contributed by atoms with Crippen molar-refractivity contribution < 1.29 is 9.53 Å². The van der Waals surface area contributed by atoms with Crippen LogP contribution in [0.25, 0.3) is 17.1 Å². The molecule has 0 bridgehead atoms. The fourth-order valence-electron chi connectivity index (χ4n) is 2.02. The maximum absolute atomic E-state index is 11.8. The first-order valence-electron chi connectivity index (χ1n) is 7.02. The van der Waals surface area contributed by atoms with Crippen LogP contribution in [0.2, 0.25) is 5.02 Å². The van der Waals surface area contributed by atoms with E-state index in [1.54, 1.807) is 18.3 Å². The first-order valence-corrected chi connectivity index (χ1v) is 7.40. The van der Waals surface area contributed by atoms with E-state index in [1.165, 1.54) is 6.08 Å². The molecular formula is C18H13ClN2O2. The van der Waals surface area contributed by atoms with Gasteiger partial charge in [0.15, 0.2) is 0 Å². The number of benzene rings is 2. The van der Waals surface area contributed by atoms with E-state index >= 15 is 0 Å². The second-order valence-electron chi connectivity index (χ2n) is 4.82. The molecule has 1 aromatic heterocycles. The van der Waals surface area contributed by atoms with Gasteiger partial charge in [-0.25, -0.2) is 9.78 Å². The average molecular weight is 325 g/mol. The SMILES string of the molecule is O=C(/C=C/c1cnc2ccccc2n1)OCc1ccccc1Cl. The van der Waals surface area contributed by atoms with E-state index in [1.807, 2.05) is 42.5 Å². The number of carbonyl (C=O) groups excluding carboxylic acids is 1. The normalized spacial score (nSPS) is 11.0. The first-order chi connectivity index (χ1) is 11.2. The van der Waals surface area contributed by atoms with Gasteiger partial charge in [-0.3, -0.25) is 4.98 Å². The summed E-state index contributed by atoms with van der Waals surface area (Å²) in [4.78, 5) is 20.4. The van der Waals surface area contributed by atoms with Crippen LogP contribution >= 0.6 is 11.6 Å². The monoisotopic (exact) mass is 324 g/mol. The van der Waals surface area contributed by atoms with E-state index in [9.17, 15) is 4.79 Å². The highest BCUT2D eigenvalue weighted by molar-refractivity contribution is 6.31. The summed E-state index contributed by atoms with van der Waals surface area (Å²) in [6, 6.07) is 14.8. The Hall–Kier alpha value is -2.72. The smallest absolute Gasteiger partial charge is 0.331 e. The summed E-state index contributed by atoms with van der Waals surface area (Å²) in [5.41, 5.74) is 2.95. The molecule has 1 heterocycles. The van der Waals surface area contributed by atoms with Gasteiger partial charge in [-0.2, -0.15) is 0 Å². The van der Waals surface area contributed by atoms with Crippen molar-refractivity contribution in [2.24, 2.45) is 0 Å². The lowest BCUT2D eigenvalue weighted by Crippen LogP contribution is -2.01. The van der Waals surface area contributed by atoms with Crippen LogP contribution in [0, 0.1) is 0 Å². The van der Waals surface area contributed by atoms with Gasteiger partial charge in [0.05, 0.1) is 22.9 Å². The van der Waals surface area contributed by atoms with E-state index in [0.717, 1.165) is 16.6 Å². The van der Waals surface area contributed by atoms with Crippen molar-refractivity contribution in [3.8, 4) is 0 Å². The average Bonchev–Trinajstić information content (AvgIpc) is 2.59. The molecule has 23 heavy (non-hydrogen) atoms. The molecule has 0 fully saturated rings. The Kier molecular flexibility index (Phi) is 4.64. The molecule has 0 spiro atoms. The molecule has 0 N–H and O–H groups in total. The summed E-state index contributed by atoms with van der Waals surface area (Å²) in [5.74, 6) is -0.458. The quantitative estimate of drug-likeness (QED) is 0.537. The molecule has 0 saturated carbocycles. The Bertz CT molecular complexity index is 878. The van der Waals surface area contributed by atoms with Gasteiger partial charge in [0, 0.05) is 16.7 Å². The molecule has 3 aromatic rings. The number of carbonyl (C=O) groups is 1. The van der Waals surface area contributed by atoms with Gasteiger partial charge in [-0.1, -0.05) is 41.9 Å². The van der Waals surface area contributed by atoms with Crippen molar-refractivity contribution in [1.29, 1.82) is 0 Å². The lowest BCUT2D eigenvalue weighted by molar-refractivity contribution is -0.138. The Morgan fingerprint density at radius 2 is 1.83 bits per heavy atom. The lowest BCUT2D eigenvalue weighted by Gasteiger charge is -2.04. The first kappa shape index (κ1) is 15.2. The molecule has 0 aliphatic carbocycles. The van der Waals surface area contributed by atoms with Crippen LogP contribution in [0.3, 0.4) is 0 Å². The van der Waals surface area contributed by atoms with Gasteiger partial charge in [0.2, 0.25) is 0 Å². The Labute approximate surface area is 138 Å². The van der Waals surface area contributed by atoms with Gasteiger partial charge in [0.25, 0.3) is 0 Å². The second-order valence-corrected chi connectivity index (χ2v) is 5.22. The number of aromatic nitrogens is 2. The molecule has 0 aliphatic heterocycles. The van der Waals surface area contributed by atoms with Crippen LogP contribution in [0.5, 0.6) is 0 Å². The number of fused-ring (bicyclic) bond motifs is 1. The third-order valence-electron chi connectivity index (χ3n) is 3.19. The zero-order valence-electron chi connectivity index (χ0n) is 12.1. The summed E-state index contributed by atoms with van der Waals surface area (Å²) >= 11 is 6.01.